The first-order chi connectivity index (χ1) is 12.1. The first-order valence-electron chi connectivity index (χ1n) is 7.66. The first-order valence-corrected chi connectivity index (χ1v) is 8.03. The molecule has 0 aliphatic carbocycles. The van der Waals surface area contributed by atoms with Gasteiger partial charge in [0.2, 0.25) is 5.91 Å². The van der Waals surface area contributed by atoms with Crippen LogP contribution in [0.2, 0.25) is 5.02 Å². The van der Waals surface area contributed by atoms with E-state index < -0.39 is 0 Å². The van der Waals surface area contributed by atoms with Crippen molar-refractivity contribution in [3.63, 3.8) is 0 Å². The number of hydrogen-bond acceptors (Lipinski definition) is 4. The zero-order valence-electron chi connectivity index (χ0n) is 13.8. The maximum absolute atomic E-state index is 11.1. The van der Waals surface area contributed by atoms with E-state index in [9.17, 15) is 4.79 Å². The minimum absolute atomic E-state index is 0.240. The van der Waals surface area contributed by atoms with Gasteiger partial charge in [-0.15, -0.1) is 0 Å². The Bertz CT molecular complexity index is 860. The number of methoxy groups -OCH3 is 1. The van der Waals surface area contributed by atoms with Gasteiger partial charge in [-0.3, -0.25) is 9.79 Å². The topological polar surface area (TPSA) is 75.1 Å². The fourth-order valence-corrected chi connectivity index (χ4v) is 2.58. The molecule has 1 amide bonds. The lowest BCUT2D eigenvalue weighted by Gasteiger charge is -2.12. The molecule has 128 valence electrons. The van der Waals surface area contributed by atoms with Crippen LogP contribution in [0.4, 0.5) is 5.69 Å². The Hall–Kier alpha value is -2.86. The Balaban J connectivity index is 2.08. The molecule has 0 unspecified atom stereocenters. The van der Waals surface area contributed by atoms with Crippen molar-refractivity contribution in [1.29, 1.82) is 0 Å². The molecule has 0 aromatic heterocycles. The molecule has 0 saturated heterocycles. The molecule has 0 spiro atoms. The Kier molecular flexibility index (Phi) is 5.00. The molecule has 1 aliphatic heterocycles. The van der Waals surface area contributed by atoms with Crippen LogP contribution >= 0.6 is 11.6 Å². The molecule has 1 aliphatic rings. The standard InChI is InChI=1S/C18H17ClN4O2/c1-11(24)22-23-17-10-20-18(12-3-5-13(19)6-4-12)15-9-14(25-2)7-8-16(15)21-17/h3-9H,10H2,1-2H3,(H,21,23)(H,22,24). The predicted octanol–water partition coefficient (Wildman–Crippen LogP) is 3.06. The predicted molar refractivity (Wildman–Crippen MR) is 99.8 cm³/mol. The number of ether oxygens (including phenoxy) is 1. The highest BCUT2D eigenvalue weighted by Crippen LogP contribution is 2.27. The molecule has 0 atom stereocenters. The van der Waals surface area contributed by atoms with E-state index in [2.05, 4.69) is 20.8 Å². The summed E-state index contributed by atoms with van der Waals surface area (Å²) in [5.41, 5.74) is 5.88. The number of nitrogens with zero attached hydrogens (tertiary/aromatic N) is 2. The van der Waals surface area contributed by atoms with Crippen LogP contribution in [0.1, 0.15) is 18.1 Å². The molecule has 2 aromatic rings. The number of halogens is 1. The van der Waals surface area contributed by atoms with E-state index in [1.54, 1.807) is 7.11 Å². The van der Waals surface area contributed by atoms with Gasteiger partial charge in [-0.2, -0.15) is 5.10 Å². The van der Waals surface area contributed by atoms with Crippen molar-refractivity contribution in [2.24, 2.45) is 10.1 Å². The lowest BCUT2D eigenvalue weighted by Crippen LogP contribution is -2.22. The van der Waals surface area contributed by atoms with Crippen LogP contribution in [0.15, 0.2) is 52.6 Å². The molecular formula is C18H17ClN4O2. The highest BCUT2D eigenvalue weighted by molar-refractivity contribution is 6.30. The monoisotopic (exact) mass is 356 g/mol. The van der Waals surface area contributed by atoms with Crippen LogP contribution in [0.25, 0.3) is 0 Å². The average Bonchev–Trinajstić information content (AvgIpc) is 2.79. The zero-order chi connectivity index (χ0) is 17.8. The van der Waals surface area contributed by atoms with E-state index in [0.29, 0.717) is 17.4 Å². The van der Waals surface area contributed by atoms with E-state index >= 15 is 0 Å². The number of hydrogen-bond donors (Lipinski definition) is 2. The van der Waals surface area contributed by atoms with Crippen LogP contribution in [-0.2, 0) is 4.79 Å². The van der Waals surface area contributed by atoms with E-state index in [0.717, 1.165) is 28.3 Å². The molecule has 2 aromatic carbocycles. The highest BCUT2D eigenvalue weighted by Gasteiger charge is 2.18. The molecule has 0 bridgehead atoms. The number of anilines is 1. The summed E-state index contributed by atoms with van der Waals surface area (Å²) in [6, 6.07) is 13.1. The third-order valence-electron chi connectivity index (χ3n) is 3.61. The van der Waals surface area contributed by atoms with Crippen molar-refractivity contribution in [2.75, 3.05) is 19.0 Å². The average molecular weight is 357 g/mol. The van der Waals surface area contributed by atoms with Crippen LogP contribution in [0, 0.1) is 0 Å². The lowest BCUT2D eigenvalue weighted by molar-refractivity contribution is -0.118. The SMILES string of the molecule is COc1ccc2c(c1)C(c1ccc(Cl)cc1)=NC/C(=N/NC(C)=O)N2. The molecule has 6 nitrogen and oxygen atoms in total. The normalized spacial score (nSPS) is 14.8. The molecular weight excluding hydrogens is 340 g/mol. The summed E-state index contributed by atoms with van der Waals surface area (Å²) in [7, 11) is 1.62. The summed E-state index contributed by atoms with van der Waals surface area (Å²) in [6.45, 7) is 1.71. The smallest absolute Gasteiger partial charge is 0.237 e. The fourth-order valence-electron chi connectivity index (χ4n) is 2.45. The summed E-state index contributed by atoms with van der Waals surface area (Å²) in [5.74, 6) is 1.03. The van der Waals surface area contributed by atoms with Crippen LogP contribution in [0.5, 0.6) is 5.75 Å². The maximum Gasteiger partial charge on any atom is 0.237 e. The summed E-state index contributed by atoms with van der Waals surface area (Å²) in [6.07, 6.45) is 0. The number of rotatable bonds is 3. The minimum atomic E-state index is -0.240. The number of amidine groups is 1. The van der Waals surface area contributed by atoms with E-state index in [-0.39, 0.29) is 5.91 Å². The number of fused-ring (bicyclic) bond motifs is 1. The van der Waals surface area contributed by atoms with E-state index in [1.165, 1.54) is 6.92 Å². The van der Waals surface area contributed by atoms with Gasteiger partial charge in [0, 0.05) is 28.8 Å². The quantitative estimate of drug-likeness (QED) is 0.830. The van der Waals surface area contributed by atoms with Crippen molar-refractivity contribution in [3.05, 3.63) is 58.6 Å². The Morgan fingerprint density at radius 3 is 2.72 bits per heavy atom. The van der Waals surface area contributed by atoms with Crippen LogP contribution < -0.4 is 15.5 Å². The van der Waals surface area contributed by atoms with E-state index in [4.69, 9.17) is 16.3 Å². The molecule has 0 radical (unpaired) electrons. The minimum Gasteiger partial charge on any atom is -0.497 e. The number of carbonyl (C=O) groups excluding carboxylic acids is 1. The molecule has 7 heteroatoms. The number of carbonyl (C=O) groups is 1. The zero-order valence-corrected chi connectivity index (χ0v) is 14.6. The number of aliphatic imine (C=N–C) groups is 1. The third kappa shape index (κ3) is 3.97. The van der Waals surface area contributed by atoms with Gasteiger partial charge in [-0.05, 0) is 30.3 Å². The third-order valence-corrected chi connectivity index (χ3v) is 3.87. The summed E-state index contributed by atoms with van der Waals surface area (Å²) in [4.78, 5) is 15.8. The van der Waals surface area contributed by atoms with Crippen LogP contribution in [0.3, 0.4) is 0 Å². The first kappa shape index (κ1) is 17.0. The molecule has 25 heavy (non-hydrogen) atoms. The van der Waals surface area contributed by atoms with E-state index in [1.807, 2.05) is 42.5 Å². The van der Waals surface area contributed by atoms with Gasteiger partial charge in [-0.1, -0.05) is 23.7 Å². The summed E-state index contributed by atoms with van der Waals surface area (Å²) >= 11 is 5.99. The lowest BCUT2D eigenvalue weighted by atomic mass is 10.0. The van der Waals surface area contributed by atoms with Gasteiger partial charge in [0.25, 0.3) is 0 Å². The van der Waals surface area contributed by atoms with Gasteiger partial charge in [0.15, 0.2) is 0 Å². The maximum atomic E-state index is 11.1. The van der Waals surface area contributed by atoms with Crippen molar-refractivity contribution >= 4 is 34.7 Å². The van der Waals surface area contributed by atoms with Crippen molar-refractivity contribution in [1.82, 2.24) is 5.43 Å². The van der Waals surface area contributed by atoms with Crippen molar-refractivity contribution < 1.29 is 9.53 Å². The molecule has 1 heterocycles. The molecule has 3 rings (SSSR count). The largest absolute Gasteiger partial charge is 0.497 e. The summed E-state index contributed by atoms with van der Waals surface area (Å²) in [5, 5.41) is 7.95. The Labute approximate surface area is 150 Å². The van der Waals surface area contributed by atoms with Gasteiger partial charge in [0.1, 0.15) is 11.6 Å². The second-order valence-corrected chi connectivity index (χ2v) is 5.87. The highest BCUT2D eigenvalue weighted by atomic mass is 35.5. The van der Waals surface area contributed by atoms with Crippen LogP contribution in [-0.4, -0.2) is 31.1 Å². The molecule has 0 saturated carbocycles. The van der Waals surface area contributed by atoms with Gasteiger partial charge in [0.05, 0.1) is 19.4 Å². The van der Waals surface area contributed by atoms with Crippen molar-refractivity contribution in [2.45, 2.75) is 6.92 Å². The number of benzene rings is 2. The fraction of sp³-hybridized carbons (Fsp3) is 0.167. The second kappa shape index (κ2) is 7.36. The van der Waals surface area contributed by atoms with Gasteiger partial charge < -0.3 is 10.1 Å². The molecule has 2 N–H and O–H groups in total. The molecule has 0 fully saturated rings. The number of hydrazone groups is 1. The Morgan fingerprint density at radius 1 is 1.28 bits per heavy atom. The van der Waals surface area contributed by atoms with Gasteiger partial charge >= 0.3 is 0 Å². The van der Waals surface area contributed by atoms with Gasteiger partial charge in [-0.25, -0.2) is 5.43 Å². The second-order valence-electron chi connectivity index (χ2n) is 5.43. The number of nitrogens with one attached hydrogen (secondary N) is 2. The summed E-state index contributed by atoms with van der Waals surface area (Å²) < 4.78 is 5.34. The Morgan fingerprint density at radius 2 is 2.04 bits per heavy atom. The van der Waals surface area contributed by atoms with Crippen molar-refractivity contribution in [3.8, 4) is 5.75 Å². The number of benzodiazepines with no additional fused rings is 1. The number of amides is 1.